The van der Waals surface area contributed by atoms with E-state index in [2.05, 4.69) is 26.2 Å². The highest BCUT2D eigenvalue weighted by atomic mass is 79.9. The minimum Gasteiger partial charge on any atom is -0.195 e. The van der Waals surface area contributed by atoms with Crippen LogP contribution in [0.2, 0.25) is 5.02 Å². The lowest BCUT2D eigenvalue weighted by atomic mass is 10.3. The molecule has 0 radical (unpaired) electrons. The van der Waals surface area contributed by atoms with Crippen LogP contribution in [-0.4, -0.2) is 6.04 Å². The van der Waals surface area contributed by atoms with Crippen molar-refractivity contribution < 1.29 is 0 Å². The van der Waals surface area contributed by atoms with Crippen LogP contribution in [0.1, 0.15) is 0 Å². The Morgan fingerprint density at radius 1 is 1.33 bits per heavy atom. The molecule has 0 heterocycles. The Balaban J connectivity index is 2.87. The summed E-state index contributed by atoms with van der Waals surface area (Å²) in [6, 6.07) is 7.26. The highest BCUT2D eigenvalue weighted by Crippen LogP contribution is 2.27. The van der Waals surface area contributed by atoms with Crippen LogP contribution in [0.4, 0.5) is 5.69 Å². The van der Waals surface area contributed by atoms with Crippen LogP contribution in [-0.2, 0) is 0 Å². The predicted molar refractivity (Wildman–Crippen MR) is 58.7 cm³/mol. The number of hydrogen-bond donors (Lipinski definition) is 0. The largest absolute Gasteiger partial charge is 0.242 e. The van der Waals surface area contributed by atoms with E-state index in [4.69, 9.17) is 22.1 Å². The van der Waals surface area contributed by atoms with Crippen LogP contribution in [0.5, 0.6) is 0 Å². The first kappa shape index (κ1) is 11.6. The minimum absolute atomic E-state index is 0.497. The maximum atomic E-state index is 8.44. The van der Waals surface area contributed by atoms with Gasteiger partial charge in [0.05, 0.1) is 10.7 Å². The van der Waals surface area contributed by atoms with Crippen LogP contribution in [0.15, 0.2) is 32.9 Å². The minimum atomic E-state index is -1.08. The lowest BCUT2D eigenvalue weighted by Gasteiger charge is -1.96. The molecule has 0 spiro atoms. The average Bonchev–Trinajstić information content (AvgIpc) is 2.24. The maximum Gasteiger partial charge on any atom is 0.242 e. The van der Waals surface area contributed by atoms with Crippen molar-refractivity contribution in [2.24, 2.45) is 10.2 Å². The van der Waals surface area contributed by atoms with Crippen molar-refractivity contribution in [1.29, 1.82) is 10.5 Å². The Bertz CT molecular complexity index is 458. The summed E-state index contributed by atoms with van der Waals surface area (Å²) in [7, 11) is 0. The van der Waals surface area contributed by atoms with Crippen molar-refractivity contribution in [3.05, 3.63) is 27.7 Å². The van der Waals surface area contributed by atoms with E-state index >= 15 is 0 Å². The first-order chi connectivity index (χ1) is 7.17. The van der Waals surface area contributed by atoms with Crippen molar-refractivity contribution in [2.45, 2.75) is 6.04 Å². The van der Waals surface area contributed by atoms with Crippen LogP contribution < -0.4 is 0 Å². The summed E-state index contributed by atoms with van der Waals surface area (Å²) in [6.45, 7) is 0. The molecule has 0 saturated carbocycles. The molecule has 0 aliphatic rings. The topological polar surface area (TPSA) is 72.3 Å². The van der Waals surface area contributed by atoms with Crippen LogP contribution in [0, 0.1) is 22.7 Å². The van der Waals surface area contributed by atoms with Gasteiger partial charge in [0.2, 0.25) is 6.04 Å². The van der Waals surface area contributed by atoms with Gasteiger partial charge in [-0.25, -0.2) is 0 Å². The van der Waals surface area contributed by atoms with E-state index in [1.54, 1.807) is 30.3 Å². The predicted octanol–water partition coefficient (Wildman–Crippen LogP) is 3.60. The molecule has 0 atom stereocenters. The molecule has 4 nitrogen and oxygen atoms in total. The van der Waals surface area contributed by atoms with Crippen molar-refractivity contribution >= 4 is 33.2 Å². The molecule has 0 amide bonds. The molecule has 0 bridgehead atoms. The van der Waals surface area contributed by atoms with Gasteiger partial charge in [0.1, 0.15) is 12.1 Å². The zero-order chi connectivity index (χ0) is 11.3. The quantitative estimate of drug-likeness (QED) is 0.778. The van der Waals surface area contributed by atoms with E-state index in [1.807, 2.05) is 0 Å². The molecule has 0 saturated heterocycles. The molecule has 0 aliphatic heterocycles. The number of azo groups is 1. The van der Waals surface area contributed by atoms with Crippen LogP contribution in [0.3, 0.4) is 0 Å². The van der Waals surface area contributed by atoms with E-state index in [-0.39, 0.29) is 0 Å². The van der Waals surface area contributed by atoms with E-state index < -0.39 is 6.04 Å². The molecule has 15 heavy (non-hydrogen) atoms. The lowest BCUT2D eigenvalue weighted by Crippen LogP contribution is -1.92. The fraction of sp³-hybridized carbons (Fsp3) is 0.111. The first-order valence-corrected chi connectivity index (χ1v) is 4.99. The molecule has 74 valence electrons. The second kappa shape index (κ2) is 5.45. The third-order valence-electron chi connectivity index (χ3n) is 1.44. The van der Waals surface area contributed by atoms with Crippen molar-refractivity contribution in [1.82, 2.24) is 0 Å². The van der Waals surface area contributed by atoms with E-state index in [0.717, 1.165) is 4.47 Å². The SMILES string of the molecule is N#CC(C#N)N=Nc1ccc(Br)c(Cl)c1. The van der Waals surface area contributed by atoms with Crippen molar-refractivity contribution in [3.63, 3.8) is 0 Å². The highest BCUT2D eigenvalue weighted by Gasteiger charge is 2.02. The zero-order valence-electron chi connectivity index (χ0n) is 7.35. The first-order valence-electron chi connectivity index (χ1n) is 3.82. The average molecular weight is 284 g/mol. The molecule has 6 heteroatoms. The molecular formula is C9H4BrClN4. The number of rotatable bonds is 2. The summed E-state index contributed by atoms with van der Waals surface area (Å²) in [5.74, 6) is 0. The monoisotopic (exact) mass is 282 g/mol. The Labute approximate surface area is 99.9 Å². The number of benzene rings is 1. The molecule has 1 aromatic carbocycles. The summed E-state index contributed by atoms with van der Waals surface area (Å²) in [6.07, 6.45) is 0. The standard InChI is InChI=1S/C9H4BrClN4/c10-8-2-1-6(3-9(8)11)14-15-7(4-12)5-13/h1-3,7H. The van der Waals surface area contributed by atoms with Crippen LogP contribution in [0.25, 0.3) is 0 Å². The normalized spacial score (nSPS) is 10.2. The second-order valence-electron chi connectivity index (χ2n) is 2.47. The van der Waals surface area contributed by atoms with Gasteiger partial charge < -0.3 is 0 Å². The molecule has 0 aliphatic carbocycles. The summed E-state index contributed by atoms with van der Waals surface area (Å²) in [5, 5.41) is 24.6. The molecule has 1 rings (SSSR count). The zero-order valence-corrected chi connectivity index (χ0v) is 9.70. The van der Waals surface area contributed by atoms with E-state index in [9.17, 15) is 0 Å². The second-order valence-corrected chi connectivity index (χ2v) is 3.74. The van der Waals surface area contributed by atoms with Gasteiger partial charge in [-0.3, -0.25) is 0 Å². The van der Waals surface area contributed by atoms with Gasteiger partial charge >= 0.3 is 0 Å². The number of nitrogens with zero attached hydrogens (tertiary/aromatic N) is 4. The highest BCUT2D eigenvalue weighted by molar-refractivity contribution is 9.10. The summed E-state index contributed by atoms with van der Waals surface area (Å²) in [4.78, 5) is 0. The van der Waals surface area contributed by atoms with Gasteiger partial charge in [-0.15, -0.1) is 0 Å². The molecule has 0 aromatic heterocycles. The molecule has 0 fully saturated rings. The fourth-order valence-electron chi connectivity index (χ4n) is 0.752. The van der Waals surface area contributed by atoms with Crippen molar-refractivity contribution in [2.75, 3.05) is 0 Å². The lowest BCUT2D eigenvalue weighted by molar-refractivity contribution is 0.949. The number of halogens is 2. The van der Waals surface area contributed by atoms with Gasteiger partial charge in [-0.05, 0) is 34.1 Å². The Kier molecular flexibility index (Phi) is 4.23. The summed E-state index contributed by atoms with van der Waals surface area (Å²) >= 11 is 9.05. The Hall–Kier alpha value is -1.43. The van der Waals surface area contributed by atoms with Gasteiger partial charge in [0, 0.05) is 4.47 Å². The summed E-state index contributed by atoms with van der Waals surface area (Å²) in [5.41, 5.74) is 0.499. The smallest absolute Gasteiger partial charge is 0.195 e. The molecule has 1 aromatic rings. The van der Waals surface area contributed by atoms with E-state index in [0.29, 0.717) is 10.7 Å². The summed E-state index contributed by atoms with van der Waals surface area (Å²) < 4.78 is 0.750. The fourth-order valence-corrected chi connectivity index (χ4v) is 1.17. The maximum absolute atomic E-state index is 8.44. The van der Waals surface area contributed by atoms with E-state index in [1.165, 1.54) is 0 Å². The van der Waals surface area contributed by atoms with Gasteiger partial charge in [0.15, 0.2) is 0 Å². The number of nitriles is 2. The third kappa shape index (κ3) is 3.32. The van der Waals surface area contributed by atoms with Gasteiger partial charge in [-0.2, -0.15) is 20.8 Å². The molecular weight excluding hydrogens is 279 g/mol. The van der Waals surface area contributed by atoms with Gasteiger partial charge in [0.25, 0.3) is 0 Å². The van der Waals surface area contributed by atoms with Gasteiger partial charge in [-0.1, -0.05) is 11.6 Å². The number of hydrogen-bond acceptors (Lipinski definition) is 4. The Morgan fingerprint density at radius 2 is 2.00 bits per heavy atom. The molecule has 0 unspecified atom stereocenters. The van der Waals surface area contributed by atoms with Crippen molar-refractivity contribution in [3.8, 4) is 12.1 Å². The van der Waals surface area contributed by atoms with Crippen LogP contribution >= 0.6 is 27.5 Å². The Morgan fingerprint density at radius 3 is 2.53 bits per heavy atom. The third-order valence-corrected chi connectivity index (χ3v) is 2.67. The molecule has 0 N–H and O–H groups in total.